The quantitative estimate of drug-likeness (QED) is 0.707. The molecule has 0 aromatic heterocycles. The molecule has 0 N–H and O–H groups in total. The number of nitrogens with zero attached hydrogens (tertiary/aromatic N) is 3. The predicted octanol–water partition coefficient (Wildman–Crippen LogP) is 4.35. The lowest BCUT2D eigenvalue weighted by Crippen LogP contribution is -2.43. The Morgan fingerprint density at radius 3 is 2.54 bits per heavy atom. The lowest BCUT2D eigenvalue weighted by atomic mass is 9.93. The van der Waals surface area contributed by atoms with Crippen molar-refractivity contribution in [3.63, 3.8) is 0 Å². The molecule has 1 saturated heterocycles. The summed E-state index contributed by atoms with van der Waals surface area (Å²) < 4.78 is 0. The van der Waals surface area contributed by atoms with Crippen LogP contribution >= 0.6 is 11.6 Å². The fraction of sp³-hybridized carbons (Fsp3) is 0.227. The number of fused-ring (bicyclic) bond motifs is 2. The van der Waals surface area contributed by atoms with Gasteiger partial charge in [0.2, 0.25) is 0 Å². The smallest absolute Gasteiger partial charge is 0.0918 e. The molecule has 0 bridgehead atoms. The van der Waals surface area contributed by atoms with Gasteiger partial charge in [-0.25, -0.2) is 0 Å². The van der Waals surface area contributed by atoms with Gasteiger partial charge in [-0.15, -0.1) is 0 Å². The van der Waals surface area contributed by atoms with Crippen LogP contribution in [0.3, 0.4) is 0 Å². The van der Waals surface area contributed by atoms with Crippen molar-refractivity contribution >= 4 is 28.9 Å². The predicted molar refractivity (Wildman–Crippen MR) is 108 cm³/mol. The van der Waals surface area contributed by atoms with E-state index in [-0.39, 0.29) is 0 Å². The second kappa shape index (κ2) is 6.99. The van der Waals surface area contributed by atoms with Gasteiger partial charge in [0.05, 0.1) is 6.07 Å². The van der Waals surface area contributed by atoms with E-state index in [1.165, 1.54) is 5.70 Å². The molecule has 0 unspecified atom stereocenters. The van der Waals surface area contributed by atoms with Gasteiger partial charge in [-0.05, 0) is 41.9 Å². The molecular weight excluding hydrogens is 342 g/mol. The number of nitriles is 1. The standard InChI is InChI=1S/C22H20ClN3/c1-25-10-12-26(13-11-25)22-14-16-4-2-3-5-18(16)20(8-9-24)19-7-6-17(23)15-21(19)22/h2-8,14-15H,10-13H2,1H3/b20-8-. The third kappa shape index (κ3) is 3.03. The summed E-state index contributed by atoms with van der Waals surface area (Å²) in [5, 5.41) is 10.1. The van der Waals surface area contributed by atoms with Gasteiger partial charge in [-0.2, -0.15) is 5.26 Å². The van der Waals surface area contributed by atoms with Crippen LogP contribution in [-0.2, 0) is 0 Å². The molecule has 2 aromatic carbocycles. The van der Waals surface area contributed by atoms with Crippen LogP contribution in [0.2, 0.25) is 5.02 Å². The third-order valence-electron chi connectivity index (χ3n) is 5.14. The molecular formula is C22H20ClN3. The molecule has 3 nitrogen and oxygen atoms in total. The molecule has 1 aliphatic carbocycles. The Kier molecular flexibility index (Phi) is 4.55. The van der Waals surface area contributed by atoms with Gasteiger partial charge in [0.15, 0.2) is 0 Å². The Morgan fingerprint density at radius 2 is 1.77 bits per heavy atom. The van der Waals surface area contributed by atoms with E-state index in [9.17, 15) is 5.26 Å². The highest BCUT2D eigenvalue weighted by Crippen LogP contribution is 2.39. The minimum Gasteiger partial charge on any atom is -0.368 e. The number of rotatable bonds is 1. The van der Waals surface area contributed by atoms with Gasteiger partial charge >= 0.3 is 0 Å². The van der Waals surface area contributed by atoms with Crippen molar-refractivity contribution in [3.8, 4) is 6.07 Å². The van der Waals surface area contributed by atoms with E-state index in [0.29, 0.717) is 5.02 Å². The molecule has 26 heavy (non-hydrogen) atoms. The van der Waals surface area contributed by atoms with E-state index in [4.69, 9.17) is 11.6 Å². The van der Waals surface area contributed by atoms with Gasteiger partial charge in [-0.3, -0.25) is 0 Å². The fourth-order valence-corrected chi connectivity index (χ4v) is 3.90. The highest BCUT2D eigenvalue weighted by molar-refractivity contribution is 6.31. The van der Waals surface area contributed by atoms with Crippen LogP contribution < -0.4 is 0 Å². The van der Waals surface area contributed by atoms with Gasteiger partial charge in [0, 0.05) is 54.1 Å². The van der Waals surface area contributed by atoms with Crippen LogP contribution in [0.4, 0.5) is 0 Å². The minimum atomic E-state index is 0.714. The highest BCUT2D eigenvalue weighted by atomic mass is 35.5. The van der Waals surface area contributed by atoms with E-state index in [0.717, 1.165) is 54.0 Å². The monoisotopic (exact) mass is 361 g/mol. The molecule has 0 spiro atoms. The second-order valence-electron chi connectivity index (χ2n) is 6.78. The Morgan fingerprint density at radius 1 is 1.00 bits per heavy atom. The van der Waals surface area contributed by atoms with Gasteiger partial charge in [0.25, 0.3) is 0 Å². The van der Waals surface area contributed by atoms with Gasteiger partial charge < -0.3 is 9.80 Å². The summed E-state index contributed by atoms with van der Waals surface area (Å²) in [6, 6.07) is 16.5. The number of benzene rings is 2. The van der Waals surface area contributed by atoms with E-state index >= 15 is 0 Å². The molecule has 4 rings (SSSR count). The molecule has 0 radical (unpaired) electrons. The number of hydrogen-bond donors (Lipinski definition) is 0. The summed E-state index contributed by atoms with van der Waals surface area (Å²) in [6.07, 6.45) is 3.89. The maximum atomic E-state index is 9.37. The topological polar surface area (TPSA) is 30.3 Å². The van der Waals surface area contributed by atoms with Crippen molar-refractivity contribution in [1.29, 1.82) is 5.26 Å². The average Bonchev–Trinajstić information content (AvgIpc) is 2.78. The molecule has 4 heteroatoms. The average molecular weight is 362 g/mol. The van der Waals surface area contributed by atoms with Crippen molar-refractivity contribution in [2.24, 2.45) is 0 Å². The first-order chi connectivity index (χ1) is 12.7. The Bertz CT molecular complexity index is 944. The zero-order chi connectivity index (χ0) is 18.1. The lowest BCUT2D eigenvalue weighted by Gasteiger charge is -2.36. The van der Waals surface area contributed by atoms with Crippen molar-refractivity contribution < 1.29 is 0 Å². The summed E-state index contributed by atoms with van der Waals surface area (Å²) >= 11 is 6.35. The number of piperazine rings is 1. The maximum Gasteiger partial charge on any atom is 0.0918 e. The van der Waals surface area contributed by atoms with Crippen LogP contribution in [0.25, 0.3) is 17.3 Å². The van der Waals surface area contributed by atoms with Crippen LogP contribution in [0.1, 0.15) is 22.3 Å². The molecule has 0 amide bonds. The number of allylic oxidation sites excluding steroid dienone is 1. The van der Waals surface area contributed by atoms with Gasteiger partial charge in [-0.1, -0.05) is 41.9 Å². The number of halogens is 1. The van der Waals surface area contributed by atoms with Crippen molar-refractivity contribution in [2.75, 3.05) is 33.2 Å². The van der Waals surface area contributed by atoms with E-state index in [1.54, 1.807) is 6.08 Å². The molecule has 1 aliphatic heterocycles. The first-order valence-electron chi connectivity index (χ1n) is 8.82. The summed E-state index contributed by atoms with van der Waals surface area (Å²) in [4.78, 5) is 4.78. The minimum absolute atomic E-state index is 0.714. The Balaban J connectivity index is 1.95. The maximum absolute atomic E-state index is 9.37. The largest absolute Gasteiger partial charge is 0.368 e. The lowest BCUT2D eigenvalue weighted by molar-refractivity contribution is 0.208. The normalized spacial score (nSPS) is 18.6. The fourth-order valence-electron chi connectivity index (χ4n) is 3.73. The van der Waals surface area contributed by atoms with E-state index in [2.05, 4.69) is 41.1 Å². The van der Waals surface area contributed by atoms with Crippen LogP contribution in [0.15, 0.2) is 48.5 Å². The summed E-state index contributed by atoms with van der Waals surface area (Å²) in [7, 11) is 2.16. The molecule has 0 atom stereocenters. The molecule has 0 saturated carbocycles. The SMILES string of the molecule is CN1CCN(C2=Cc3ccccc3/C(=C/C#N)c3ccc(Cl)cc32)CC1. The van der Waals surface area contributed by atoms with Crippen LogP contribution in [0, 0.1) is 11.3 Å². The molecule has 1 fully saturated rings. The van der Waals surface area contributed by atoms with E-state index < -0.39 is 0 Å². The first kappa shape index (κ1) is 16.9. The molecule has 130 valence electrons. The summed E-state index contributed by atoms with van der Waals surface area (Å²) in [5.74, 6) is 0. The van der Waals surface area contributed by atoms with Crippen molar-refractivity contribution in [1.82, 2.24) is 9.80 Å². The van der Waals surface area contributed by atoms with Crippen molar-refractivity contribution in [2.45, 2.75) is 0 Å². The summed E-state index contributed by atoms with van der Waals surface area (Å²) in [6.45, 7) is 4.03. The molecule has 2 aromatic rings. The molecule has 1 heterocycles. The Labute approximate surface area is 159 Å². The zero-order valence-corrected chi connectivity index (χ0v) is 15.5. The van der Waals surface area contributed by atoms with Crippen molar-refractivity contribution in [3.05, 3.63) is 75.8 Å². The zero-order valence-electron chi connectivity index (χ0n) is 14.7. The van der Waals surface area contributed by atoms with Crippen LogP contribution in [0.5, 0.6) is 0 Å². The first-order valence-corrected chi connectivity index (χ1v) is 9.20. The molecule has 2 aliphatic rings. The summed E-state index contributed by atoms with van der Waals surface area (Å²) in [5.41, 5.74) is 6.52. The number of likely N-dealkylation sites (N-methyl/N-ethyl adjacent to an activating group) is 1. The van der Waals surface area contributed by atoms with E-state index in [1.807, 2.05) is 30.3 Å². The van der Waals surface area contributed by atoms with Gasteiger partial charge in [0.1, 0.15) is 0 Å². The number of hydrogen-bond acceptors (Lipinski definition) is 3. The second-order valence-corrected chi connectivity index (χ2v) is 7.22. The third-order valence-corrected chi connectivity index (χ3v) is 5.38. The van der Waals surface area contributed by atoms with Crippen LogP contribution in [-0.4, -0.2) is 43.0 Å². The highest BCUT2D eigenvalue weighted by Gasteiger charge is 2.24. The Hall–Kier alpha value is -2.54.